The second-order valence-electron chi connectivity index (χ2n) is 17.5. The number of nitrogens with one attached hydrogen (secondary N) is 1. The predicted octanol–water partition coefficient (Wildman–Crippen LogP) is 6.15. The van der Waals surface area contributed by atoms with Crippen molar-refractivity contribution in [1.82, 2.24) is 10.2 Å². The second kappa shape index (κ2) is 18.5. The lowest BCUT2D eigenvalue weighted by Crippen LogP contribution is -2.56. The van der Waals surface area contributed by atoms with Crippen molar-refractivity contribution in [2.24, 2.45) is 11.8 Å². The number of esters is 2. The van der Waals surface area contributed by atoms with Gasteiger partial charge in [-0.05, 0) is 72.6 Å². The third kappa shape index (κ3) is 8.02. The van der Waals surface area contributed by atoms with E-state index in [1.54, 1.807) is 67.3 Å². The summed E-state index contributed by atoms with van der Waals surface area (Å²) in [6.07, 6.45) is 3.44. The highest BCUT2D eigenvalue weighted by Gasteiger charge is 2.76. The van der Waals surface area contributed by atoms with Crippen LogP contribution in [0.15, 0.2) is 103 Å². The molecule has 338 valence electrons. The lowest BCUT2D eigenvalue weighted by Gasteiger charge is -2.46. The SMILES string of the molecule is COC(=O)[C@@H](NC(=O)N1C(=O)[C@@]2(c3cc(C#CC4(O)CCCCCC4)ccc31)[C@H](C(=O)O)[C@H]1C(=O)O[C@H](c3ccccc3)[C@H](c3ccccc3)N1[C@@H]2c1ccccc1OCCO)C(C)C. The molecule has 3 aliphatic heterocycles. The number of amides is 3. The van der Waals surface area contributed by atoms with E-state index in [-0.39, 0.29) is 30.2 Å². The number of benzene rings is 4. The quantitative estimate of drug-likeness (QED) is 0.0808. The van der Waals surface area contributed by atoms with Crippen LogP contribution in [-0.4, -0.2) is 88.1 Å². The van der Waals surface area contributed by atoms with Gasteiger partial charge in [0, 0.05) is 11.1 Å². The van der Waals surface area contributed by atoms with Gasteiger partial charge in [0.2, 0.25) is 5.91 Å². The summed E-state index contributed by atoms with van der Waals surface area (Å²) in [7, 11) is 1.18. The number of carbonyl (C=O) groups is 5. The Labute approximate surface area is 377 Å². The van der Waals surface area contributed by atoms with Crippen molar-refractivity contribution in [3.63, 3.8) is 0 Å². The highest BCUT2D eigenvalue weighted by molar-refractivity contribution is 6.25. The highest BCUT2D eigenvalue weighted by Crippen LogP contribution is 2.66. The first kappa shape index (κ1) is 45.1. The number of hydrogen-bond donors (Lipinski definition) is 4. The van der Waals surface area contributed by atoms with Gasteiger partial charge in [-0.3, -0.25) is 19.3 Å². The molecule has 0 radical (unpaired) electrons. The van der Waals surface area contributed by atoms with Crippen LogP contribution in [0.1, 0.15) is 98.4 Å². The van der Waals surface area contributed by atoms with Crippen LogP contribution >= 0.6 is 0 Å². The average molecular weight is 884 g/mol. The maximum Gasteiger partial charge on any atom is 0.329 e. The zero-order valence-corrected chi connectivity index (χ0v) is 36.5. The summed E-state index contributed by atoms with van der Waals surface area (Å²) < 4.78 is 17.6. The Bertz CT molecular complexity index is 2510. The summed E-state index contributed by atoms with van der Waals surface area (Å²) in [5, 5.41) is 36.0. The molecule has 4 aliphatic rings. The normalized spacial score (nSPS) is 25.1. The monoisotopic (exact) mass is 883 g/mol. The molecule has 0 aromatic heterocycles. The van der Waals surface area contributed by atoms with Crippen LogP contribution in [0, 0.1) is 23.7 Å². The molecule has 3 fully saturated rings. The van der Waals surface area contributed by atoms with Crippen LogP contribution in [0.3, 0.4) is 0 Å². The van der Waals surface area contributed by atoms with Crippen LogP contribution in [0.2, 0.25) is 0 Å². The molecule has 4 aromatic carbocycles. The molecule has 3 heterocycles. The molecule has 4 N–H and O–H groups in total. The van der Waals surface area contributed by atoms with Crippen LogP contribution in [0.4, 0.5) is 10.5 Å². The second-order valence-corrected chi connectivity index (χ2v) is 17.5. The van der Waals surface area contributed by atoms with Gasteiger partial charge in [0.1, 0.15) is 47.5 Å². The number of urea groups is 1. The van der Waals surface area contributed by atoms with Crippen molar-refractivity contribution in [1.29, 1.82) is 0 Å². The summed E-state index contributed by atoms with van der Waals surface area (Å²) in [6, 6.07) is 23.4. The number of aliphatic carboxylic acids is 1. The molecule has 4 aromatic rings. The Morgan fingerprint density at radius 1 is 0.877 bits per heavy atom. The number of nitrogens with zero attached hydrogens (tertiary/aromatic N) is 2. The predicted molar refractivity (Wildman–Crippen MR) is 237 cm³/mol. The van der Waals surface area contributed by atoms with Crippen molar-refractivity contribution in [2.75, 3.05) is 25.2 Å². The Morgan fingerprint density at radius 2 is 1.52 bits per heavy atom. The number of cyclic esters (lactones) is 1. The summed E-state index contributed by atoms with van der Waals surface area (Å²) in [5.74, 6) is -0.150. The molecule has 8 rings (SSSR count). The van der Waals surface area contributed by atoms with E-state index in [9.17, 15) is 34.5 Å². The number of aliphatic hydroxyl groups is 2. The minimum absolute atomic E-state index is 0.00712. The van der Waals surface area contributed by atoms with Crippen LogP contribution in [0.5, 0.6) is 5.75 Å². The number of carboxylic acid groups (broad SMARTS) is 1. The molecule has 2 saturated heterocycles. The number of hydrogen-bond acceptors (Lipinski definition) is 11. The van der Waals surface area contributed by atoms with E-state index < -0.39 is 83.0 Å². The van der Waals surface area contributed by atoms with Crippen molar-refractivity contribution >= 4 is 35.5 Å². The number of fused-ring (bicyclic) bond motifs is 3. The number of para-hydroxylation sites is 1. The van der Waals surface area contributed by atoms with Gasteiger partial charge in [-0.2, -0.15) is 0 Å². The number of carboxylic acids is 1. The summed E-state index contributed by atoms with van der Waals surface area (Å²) >= 11 is 0. The van der Waals surface area contributed by atoms with E-state index in [1.165, 1.54) is 13.2 Å². The number of ether oxygens (including phenoxy) is 3. The first-order chi connectivity index (χ1) is 31.4. The smallest absolute Gasteiger partial charge is 0.329 e. The number of imide groups is 1. The average Bonchev–Trinajstić information content (AvgIpc) is 3.65. The molecule has 1 saturated carbocycles. The van der Waals surface area contributed by atoms with Gasteiger partial charge in [-0.25, -0.2) is 14.5 Å². The third-order valence-corrected chi connectivity index (χ3v) is 13.3. The lowest BCUT2D eigenvalue weighted by atomic mass is 9.65. The number of aliphatic hydroxyl groups excluding tert-OH is 1. The van der Waals surface area contributed by atoms with E-state index in [0.717, 1.165) is 30.6 Å². The number of rotatable bonds is 10. The Balaban J connectivity index is 1.45. The third-order valence-electron chi connectivity index (χ3n) is 13.3. The zero-order chi connectivity index (χ0) is 46.0. The molecular formula is C51H53N3O11. The van der Waals surface area contributed by atoms with Gasteiger partial charge in [-0.15, -0.1) is 0 Å². The maximum atomic E-state index is 16.2. The van der Waals surface area contributed by atoms with Gasteiger partial charge >= 0.3 is 23.9 Å². The Kier molecular flexibility index (Phi) is 12.8. The van der Waals surface area contributed by atoms with Crippen LogP contribution in [-0.2, 0) is 34.1 Å². The highest BCUT2D eigenvalue weighted by atomic mass is 16.6. The molecule has 14 heteroatoms. The molecule has 14 nitrogen and oxygen atoms in total. The minimum Gasteiger partial charge on any atom is -0.491 e. The van der Waals surface area contributed by atoms with E-state index >= 15 is 4.79 Å². The molecule has 65 heavy (non-hydrogen) atoms. The van der Waals surface area contributed by atoms with E-state index in [1.807, 2.05) is 48.5 Å². The van der Waals surface area contributed by atoms with Crippen molar-refractivity contribution in [2.45, 2.75) is 93.7 Å². The molecule has 0 bridgehead atoms. The number of carbonyl (C=O) groups excluding carboxylic acids is 4. The number of anilines is 1. The minimum atomic E-state index is -2.31. The summed E-state index contributed by atoms with van der Waals surface area (Å²) in [4.78, 5) is 76.1. The number of morpholine rings is 1. The molecule has 7 atom stereocenters. The lowest BCUT2D eigenvalue weighted by molar-refractivity contribution is -0.179. The first-order valence-electron chi connectivity index (χ1n) is 22.1. The van der Waals surface area contributed by atoms with Crippen LogP contribution in [0.25, 0.3) is 0 Å². The summed E-state index contributed by atoms with van der Waals surface area (Å²) in [5.41, 5.74) is -1.62. The molecule has 1 spiro atoms. The van der Waals surface area contributed by atoms with E-state index in [2.05, 4.69) is 17.2 Å². The van der Waals surface area contributed by atoms with Gasteiger partial charge < -0.3 is 34.8 Å². The Hall–Kier alpha value is -6.53. The molecule has 0 unspecified atom stereocenters. The van der Waals surface area contributed by atoms with Gasteiger partial charge in [0.05, 0.1) is 31.5 Å². The fourth-order valence-electron chi connectivity index (χ4n) is 10.4. The number of methoxy groups -OCH3 is 1. The van der Waals surface area contributed by atoms with E-state index in [0.29, 0.717) is 35.1 Å². The maximum absolute atomic E-state index is 16.2. The first-order valence-corrected chi connectivity index (χ1v) is 22.1. The van der Waals surface area contributed by atoms with Gasteiger partial charge in [-0.1, -0.05) is 117 Å². The van der Waals surface area contributed by atoms with Crippen LogP contribution < -0.4 is 15.0 Å². The van der Waals surface area contributed by atoms with Crippen molar-refractivity contribution in [3.8, 4) is 17.6 Å². The van der Waals surface area contributed by atoms with Gasteiger partial charge in [0.25, 0.3) is 0 Å². The van der Waals surface area contributed by atoms with Crippen molar-refractivity contribution in [3.05, 3.63) is 131 Å². The van der Waals surface area contributed by atoms with Gasteiger partial charge in [0.15, 0.2) is 0 Å². The topological polar surface area (TPSA) is 192 Å². The van der Waals surface area contributed by atoms with E-state index in [4.69, 9.17) is 14.2 Å². The standard InChI is InChI=1S/C51H53N3O11/c1-31(2)40(46(58)63-3)52-49(61)53-37-23-22-32(24-27-50(62)25-14-4-5-15-26-50)30-36(37)51(48(53)60)39(45(56)57)42-47(59)65-43(34-18-10-7-11-19-34)41(33-16-8-6-9-17-33)54(42)44(51)35-20-12-13-21-38(35)64-29-28-55/h6-13,16-23,30-31,39-44,55,62H,4-5,14-15,25-26,28-29H2,1-3H3,(H,52,61)(H,56,57)/t39-,40-,41-,42-,43+,44+,51-/m0/s1. The fraction of sp³-hybridized carbons (Fsp3) is 0.392. The largest absolute Gasteiger partial charge is 0.491 e. The Morgan fingerprint density at radius 3 is 2.15 bits per heavy atom. The molecule has 1 aliphatic carbocycles. The van der Waals surface area contributed by atoms with Crippen molar-refractivity contribution < 1.29 is 53.5 Å². The zero-order valence-electron chi connectivity index (χ0n) is 36.5. The molecule has 3 amide bonds. The fourth-order valence-corrected chi connectivity index (χ4v) is 10.4. The molecular weight excluding hydrogens is 831 g/mol. The summed E-state index contributed by atoms with van der Waals surface area (Å²) in [6.45, 7) is 2.86.